The number of pyridine rings is 1. The number of allylic oxidation sites excluding steroid dienone is 1. The minimum atomic E-state index is -3.84. The minimum Gasteiger partial charge on any atom is -0.342 e. The second-order valence-corrected chi connectivity index (χ2v) is 8.76. The van der Waals surface area contributed by atoms with Gasteiger partial charge in [-0.1, -0.05) is 36.9 Å². The summed E-state index contributed by atoms with van der Waals surface area (Å²) in [4.78, 5) is 33.1. The van der Waals surface area contributed by atoms with Gasteiger partial charge in [-0.25, -0.2) is 13.4 Å². The number of anilines is 1. The molecule has 3 rings (SSSR count). The molecule has 0 fully saturated rings. The summed E-state index contributed by atoms with van der Waals surface area (Å²) >= 11 is 0. The first-order valence-corrected chi connectivity index (χ1v) is 11.1. The molecular weight excluding hydrogens is 418 g/mol. The average Bonchev–Trinajstić information content (AvgIpc) is 3.18. The van der Waals surface area contributed by atoms with Crippen LogP contribution in [0.5, 0.6) is 0 Å². The fourth-order valence-corrected chi connectivity index (χ4v) is 4.24. The van der Waals surface area contributed by atoms with Gasteiger partial charge in [0.05, 0.1) is 5.75 Å². The van der Waals surface area contributed by atoms with Gasteiger partial charge < -0.3 is 15.3 Å². The maximum atomic E-state index is 12.7. The molecule has 10 heteroatoms. The summed E-state index contributed by atoms with van der Waals surface area (Å²) in [6.45, 7) is 5.44. The second kappa shape index (κ2) is 9.43. The molecule has 0 saturated heterocycles. The van der Waals surface area contributed by atoms with Gasteiger partial charge in [0.1, 0.15) is 11.5 Å². The van der Waals surface area contributed by atoms with Gasteiger partial charge in [-0.05, 0) is 31.4 Å². The predicted molar refractivity (Wildman–Crippen MR) is 119 cm³/mol. The third-order valence-electron chi connectivity index (χ3n) is 4.47. The van der Waals surface area contributed by atoms with E-state index in [-0.39, 0.29) is 11.4 Å². The molecule has 0 aliphatic carbocycles. The molecule has 2 aromatic heterocycles. The molecule has 1 aromatic carbocycles. The second-order valence-electron chi connectivity index (χ2n) is 7.04. The first-order valence-electron chi connectivity index (χ1n) is 9.48. The van der Waals surface area contributed by atoms with Crippen molar-refractivity contribution in [3.05, 3.63) is 82.2 Å². The Bertz CT molecular complexity index is 1250. The van der Waals surface area contributed by atoms with Crippen LogP contribution < -0.4 is 15.6 Å². The Kier molecular flexibility index (Phi) is 6.71. The van der Waals surface area contributed by atoms with Crippen LogP contribution in [0.4, 0.5) is 5.69 Å². The molecule has 2 heterocycles. The van der Waals surface area contributed by atoms with Crippen molar-refractivity contribution in [3.8, 4) is 11.4 Å². The quantitative estimate of drug-likeness (QED) is 0.358. The zero-order valence-electron chi connectivity index (χ0n) is 16.9. The molecule has 1 amide bonds. The molecule has 162 valence electrons. The number of benzene rings is 1. The standard InChI is InChI=1S/C21H23N5O4S/c1-14(23-13-27)8-9-17-11-22-20(25-17)18-10-15(2)24-21(28)19(18)26-31(29,30)12-16-6-4-3-5-7-16/h3-7,10-11,13,26H,1,8-9,12H2,2H3,(H,22,25)(H,23,27)(H,24,28). The highest BCUT2D eigenvalue weighted by Gasteiger charge is 2.20. The van der Waals surface area contributed by atoms with E-state index < -0.39 is 15.6 Å². The zero-order chi connectivity index (χ0) is 22.4. The Morgan fingerprint density at radius 3 is 2.68 bits per heavy atom. The third kappa shape index (κ3) is 5.92. The van der Waals surface area contributed by atoms with Crippen LogP contribution in [0, 0.1) is 6.92 Å². The van der Waals surface area contributed by atoms with E-state index in [4.69, 9.17) is 0 Å². The largest absolute Gasteiger partial charge is 0.342 e. The Balaban J connectivity index is 1.88. The van der Waals surface area contributed by atoms with Crippen LogP contribution >= 0.6 is 0 Å². The lowest BCUT2D eigenvalue weighted by Gasteiger charge is -2.12. The number of sulfonamides is 1. The van der Waals surface area contributed by atoms with Crippen LogP contribution in [0.3, 0.4) is 0 Å². The number of nitrogens with one attached hydrogen (secondary N) is 4. The number of aryl methyl sites for hydroxylation is 2. The van der Waals surface area contributed by atoms with Crippen molar-refractivity contribution in [1.82, 2.24) is 20.3 Å². The summed E-state index contributed by atoms with van der Waals surface area (Å²) in [5, 5.41) is 2.49. The Morgan fingerprint density at radius 2 is 1.97 bits per heavy atom. The maximum absolute atomic E-state index is 12.7. The number of hydrogen-bond donors (Lipinski definition) is 4. The van der Waals surface area contributed by atoms with Crippen molar-refractivity contribution in [2.45, 2.75) is 25.5 Å². The SMILES string of the molecule is C=C(CCc1cnc(-c2cc(C)[nH]c(=O)c2NS(=O)(=O)Cc2ccccc2)[nH]1)NC=O. The highest BCUT2D eigenvalue weighted by Crippen LogP contribution is 2.25. The lowest BCUT2D eigenvalue weighted by molar-refractivity contribution is -0.108. The predicted octanol–water partition coefficient (Wildman–Crippen LogP) is 2.21. The number of aromatic nitrogens is 3. The molecule has 3 aromatic rings. The lowest BCUT2D eigenvalue weighted by Crippen LogP contribution is -2.23. The van der Waals surface area contributed by atoms with E-state index in [9.17, 15) is 18.0 Å². The highest BCUT2D eigenvalue weighted by atomic mass is 32.2. The zero-order valence-corrected chi connectivity index (χ0v) is 17.8. The van der Waals surface area contributed by atoms with Crippen LogP contribution in [-0.4, -0.2) is 29.8 Å². The van der Waals surface area contributed by atoms with E-state index in [1.165, 1.54) is 0 Å². The molecule has 0 bridgehead atoms. The van der Waals surface area contributed by atoms with Crippen molar-refractivity contribution < 1.29 is 13.2 Å². The molecule has 0 radical (unpaired) electrons. The molecule has 0 unspecified atom stereocenters. The minimum absolute atomic E-state index is 0.102. The van der Waals surface area contributed by atoms with Gasteiger partial charge in [0.15, 0.2) is 0 Å². The highest BCUT2D eigenvalue weighted by molar-refractivity contribution is 7.91. The fourth-order valence-electron chi connectivity index (χ4n) is 3.03. The smallest absolute Gasteiger partial charge is 0.273 e. The van der Waals surface area contributed by atoms with Crippen LogP contribution in [-0.2, 0) is 27.0 Å². The van der Waals surface area contributed by atoms with E-state index in [1.54, 1.807) is 49.5 Å². The first kappa shape index (κ1) is 22.0. The van der Waals surface area contributed by atoms with Gasteiger partial charge in [-0.3, -0.25) is 14.3 Å². The number of carbonyl (C=O) groups is 1. The van der Waals surface area contributed by atoms with Gasteiger partial charge in [0.2, 0.25) is 16.4 Å². The van der Waals surface area contributed by atoms with Gasteiger partial charge in [0.25, 0.3) is 5.56 Å². The molecule has 0 aliphatic heterocycles. The van der Waals surface area contributed by atoms with Gasteiger partial charge in [0, 0.05) is 28.8 Å². The van der Waals surface area contributed by atoms with E-state index in [0.29, 0.717) is 47.6 Å². The molecule has 9 nitrogen and oxygen atoms in total. The molecule has 0 atom stereocenters. The Morgan fingerprint density at radius 1 is 1.23 bits per heavy atom. The molecule has 31 heavy (non-hydrogen) atoms. The van der Waals surface area contributed by atoms with Gasteiger partial charge in [-0.15, -0.1) is 0 Å². The van der Waals surface area contributed by atoms with E-state index in [2.05, 4.69) is 31.6 Å². The number of hydrogen-bond acceptors (Lipinski definition) is 5. The third-order valence-corrected chi connectivity index (χ3v) is 5.70. The fraction of sp³-hybridized carbons (Fsp3) is 0.190. The molecule has 0 saturated carbocycles. The topological polar surface area (TPSA) is 137 Å². The van der Waals surface area contributed by atoms with Gasteiger partial charge in [-0.2, -0.15) is 0 Å². The Hall–Kier alpha value is -3.66. The van der Waals surface area contributed by atoms with Crippen molar-refractivity contribution >= 4 is 22.1 Å². The average molecular weight is 442 g/mol. The number of nitrogens with zero attached hydrogens (tertiary/aromatic N) is 1. The van der Waals surface area contributed by atoms with Crippen LogP contribution in [0.25, 0.3) is 11.4 Å². The number of imidazole rings is 1. The van der Waals surface area contributed by atoms with Crippen LogP contribution in [0.2, 0.25) is 0 Å². The summed E-state index contributed by atoms with van der Waals surface area (Å²) in [6.07, 6.45) is 3.20. The summed E-state index contributed by atoms with van der Waals surface area (Å²) in [5.74, 6) is 0.0890. The van der Waals surface area contributed by atoms with Crippen molar-refractivity contribution in [1.29, 1.82) is 0 Å². The van der Waals surface area contributed by atoms with Gasteiger partial charge >= 0.3 is 0 Å². The summed E-state index contributed by atoms with van der Waals surface area (Å²) in [7, 11) is -3.84. The number of rotatable bonds is 10. The van der Waals surface area contributed by atoms with Crippen LogP contribution in [0.1, 0.15) is 23.4 Å². The summed E-state index contributed by atoms with van der Waals surface area (Å²) < 4.78 is 27.8. The number of H-pyrrole nitrogens is 2. The first-order chi connectivity index (χ1) is 14.8. The number of amides is 1. The Labute approximate surface area is 179 Å². The molecular formula is C21H23N5O4S. The number of aromatic amines is 2. The molecule has 0 aliphatic rings. The van der Waals surface area contributed by atoms with Crippen molar-refractivity contribution in [2.75, 3.05) is 4.72 Å². The summed E-state index contributed by atoms with van der Waals surface area (Å²) in [6, 6.07) is 10.3. The monoisotopic (exact) mass is 441 g/mol. The van der Waals surface area contributed by atoms with E-state index in [0.717, 1.165) is 5.69 Å². The van der Waals surface area contributed by atoms with E-state index >= 15 is 0 Å². The normalized spacial score (nSPS) is 11.1. The lowest BCUT2D eigenvalue weighted by atomic mass is 10.2. The van der Waals surface area contributed by atoms with Crippen LogP contribution in [0.15, 0.2) is 59.7 Å². The van der Waals surface area contributed by atoms with Crippen molar-refractivity contribution in [2.24, 2.45) is 0 Å². The number of carbonyl (C=O) groups excluding carboxylic acids is 1. The molecule has 4 N–H and O–H groups in total. The van der Waals surface area contributed by atoms with Crippen molar-refractivity contribution in [3.63, 3.8) is 0 Å². The maximum Gasteiger partial charge on any atom is 0.273 e. The van der Waals surface area contributed by atoms with E-state index in [1.807, 2.05) is 0 Å². The molecule has 0 spiro atoms. The summed E-state index contributed by atoms with van der Waals surface area (Å²) in [5.41, 5.74) is 2.15.